The highest BCUT2D eigenvalue weighted by Gasteiger charge is 2.27. The maximum Gasteiger partial charge on any atom is 0.222 e. The predicted octanol–water partition coefficient (Wildman–Crippen LogP) is 5.14. The molecular weight excluding hydrogens is 410 g/mol. The third-order valence-electron chi connectivity index (χ3n) is 5.77. The fraction of sp³-hybridized carbons (Fsp3) is 0.320. The lowest BCUT2D eigenvalue weighted by Gasteiger charge is -2.33. The molecule has 1 amide bonds. The molecule has 0 aliphatic carbocycles. The summed E-state index contributed by atoms with van der Waals surface area (Å²) in [6, 6.07) is 15.6. The van der Waals surface area contributed by atoms with Crippen molar-refractivity contribution in [3.8, 4) is 17.0 Å². The lowest BCUT2D eigenvalue weighted by atomic mass is 9.91. The van der Waals surface area contributed by atoms with Crippen LogP contribution in [0.15, 0.2) is 60.9 Å². The highest BCUT2D eigenvalue weighted by atomic mass is 35.5. The number of nitrogens with zero attached hydrogens (tertiary/aromatic N) is 3. The van der Waals surface area contributed by atoms with Crippen molar-refractivity contribution in [1.82, 2.24) is 14.9 Å². The molecule has 31 heavy (non-hydrogen) atoms. The molecule has 0 bridgehead atoms. The van der Waals surface area contributed by atoms with Crippen LogP contribution in [0, 0.1) is 0 Å². The number of hydrogen-bond donors (Lipinski definition) is 0. The van der Waals surface area contributed by atoms with Gasteiger partial charge in [0.15, 0.2) is 0 Å². The van der Waals surface area contributed by atoms with Crippen molar-refractivity contribution in [2.75, 3.05) is 20.2 Å². The zero-order valence-electron chi connectivity index (χ0n) is 17.6. The molecule has 1 aliphatic heterocycles. The summed E-state index contributed by atoms with van der Waals surface area (Å²) in [7, 11) is 1.65. The van der Waals surface area contributed by atoms with E-state index in [1.54, 1.807) is 19.5 Å². The first-order valence-electron chi connectivity index (χ1n) is 10.6. The number of amides is 1. The Morgan fingerprint density at radius 1 is 1.16 bits per heavy atom. The quantitative estimate of drug-likeness (QED) is 0.537. The number of aromatic nitrogens is 2. The minimum Gasteiger partial charge on any atom is -0.497 e. The molecule has 160 valence electrons. The summed E-state index contributed by atoms with van der Waals surface area (Å²) < 4.78 is 5.20. The number of likely N-dealkylation sites (tertiary alicyclic amines) is 1. The van der Waals surface area contributed by atoms with Gasteiger partial charge < -0.3 is 9.64 Å². The Kier molecular flexibility index (Phi) is 6.82. The number of aryl methyl sites for hydroxylation is 1. The number of methoxy groups -OCH3 is 1. The van der Waals surface area contributed by atoms with Gasteiger partial charge in [-0.15, -0.1) is 0 Å². The van der Waals surface area contributed by atoms with Gasteiger partial charge in [-0.2, -0.15) is 0 Å². The largest absolute Gasteiger partial charge is 0.497 e. The van der Waals surface area contributed by atoms with Gasteiger partial charge in [0.2, 0.25) is 5.91 Å². The Balaban J connectivity index is 1.44. The molecule has 1 fully saturated rings. The number of rotatable bonds is 6. The third-order valence-corrected chi connectivity index (χ3v) is 6.01. The molecule has 2 aromatic carbocycles. The summed E-state index contributed by atoms with van der Waals surface area (Å²) in [5.74, 6) is 1.18. The molecule has 5 nitrogen and oxygen atoms in total. The van der Waals surface area contributed by atoms with Crippen LogP contribution in [0.1, 0.15) is 36.4 Å². The van der Waals surface area contributed by atoms with E-state index in [4.69, 9.17) is 16.3 Å². The number of piperidine rings is 1. The molecule has 0 radical (unpaired) electrons. The molecule has 1 unspecified atom stereocenters. The maximum absolute atomic E-state index is 12.9. The molecule has 4 rings (SSSR count). The number of benzene rings is 2. The summed E-state index contributed by atoms with van der Waals surface area (Å²) in [5.41, 5.74) is 3.89. The number of carbonyl (C=O) groups is 1. The lowest BCUT2D eigenvalue weighted by Crippen LogP contribution is -2.39. The Morgan fingerprint density at radius 3 is 2.74 bits per heavy atom. The van der Waals surface area contributed by atoms with Gasteiger partial charge in [-0.05, 0) is 49.1 Å². The topological polar surface area (TPSA) is 55.3 Å². The van der Waals surface area contributed by atoms with Gasteiger partial charge in [0.05, 0.1) is 18.5 Å². The average Bonchev–Trinajstić information content (AvgIpc) is 2.83. The molecule has 1 saturated heterocycles. The highest BCUT2D eigenvalue weighted by molar-refractivity contribution is 6.30. The molecule has 1 atom stereocenters. The van der Waals surface area contributed by atoms with Crippen LogP contribution in [0.5, 0.6) is 5.75 Å². The smallest absolute Gasteiger partial charge is 0.222 e. The van der Waals surface area contributed by atoms with E-state index in [1.807, 2.05) is 53.4 Å². The highest BCUT2D eigenvalue weighted by Crippen LogP contribution is 2.32. The molecule has 0 N–H and O–H groups in total. The zero-order chi connectivity index (χ0) is 21.6. The van der Waals surface area contributed by atoms with E-state index in [-0.39, 0.29) is 11.8 Å². The second kappa shape index (κ2) is 9.92. The molecule has 0 spiro atoms. The first-order valence-corrected chi connectivity index (χ1v) is 11.0. The number of carbonyl (C=O) groups excluding carboxylic acids is 1. The van der Waals surface area contributed by atoms with E-state index in [1.165, 1.54) is 0 Å². The van der Waals surface area contributed by atoms with E-state index in [9.17, 15) is 4.79 Å². The maximum atomic E-state index is 12.9. The average molecular weight is 436 g/mol. The summed E-state index contributed by atoms with van der Waals surface area (Å²) in [6.45, 7) is 1.47. The molecular formula is C25H26ClN3O2. The molecule has 1 aliphatic rings. The van der Waals surface area contributed by atoms with Crippen LogP contribution in [0.2, 0.25) is 5.02 Å². The van der Waals surface area contributed by atoms with E-state index in [0.29, 0.717) is 18.0 Å². The van der Waals surface area contributed by atoms with Crippen molar-refractivity contribution in [2.24, 2.45) is 0 Å². The summed E-state index contributed by atoms with van der Waals surface area (Å²) in [6.07, 6.45) is 6.62. The molecule has 2 heterocycles. The Hall–Kier alpha value is -2.92. The zero-order valence-corrected chi connectivity index (χ0v) is 18.4. The van der Waals surface area contributed by atoms with E-state index < -0.39 is 0 Å². The third kappa shape index (κ3) is 5.23. The normalized spacial score (nSPS) is 16.2. The first kappa shape index (κ1) is 21.3. The van der Waals surface area contributed by atoms with Crippen molar-refractivity contribution in [3.05, 3.63) is 77.2 Å². The van der Waals surface area contributed by atoms with E-state index in [2.05, 4.69) is 9.97 Å². The van der Waals surface area contributed by atoms with Crippen LogP contribution in [-0.2, 0) is 11.2 Å². The van der Waals surface area contributed by atoms with Crippen molar-refractivity contribution >= 4 is 17.5 Å². The first-order chi connectivity index (χ1) is 15.1. The summed E-state index contributed by atoms with van der Waals surface area (Å²) in [5, 5.41) is 0.674. The second-order valence-corrected chi connectivity index (χ2v) is 8.26. The monoisotopic (exact) mass is 435 g/mol. The van der Waals surface area contributed by atoms with Crippen LogP contribution in [0.3, 0.4) is 0 Å². The van der Waals surface area contributed by atoms with Crippen molar-refractivity contribution in [2.45, 2.75) is 31.6 Å². The number of halogens is 1. The van der Waals surface area contributed by atoms with Crippen molar-refractivity contribution < 1.29 is 9.53 Å². The fourth-order valence-electron chi connectivity index (χ4n) is 4.13. The Bertz CT molecular complexity index is 1040. The van der Waals surface area contributed by atoms with Gasteiger partial charge in [-0.3, -0.25) is 14.8 Å². The van der Waals surface area contributed by atoms with Gasteiger partial charge in [0.1, 0.15) is 5.75 Å². The summed E-state index contributed by atoms with van der Waals surface area (Å²) in [4.78, 5) is 24.1. The molecule has 6 heteroatoms. The van der Waals surface area contributed by atoms with Crippen LogP contribution in [-0.4, -0.2) is 41.0 Å². The van der Waals surface area contributed by atoms with Gasteiger partial charge in [-0.1, -0.05) is 35.9 Å². The molecule has 3 aromatic rings. The van der Waals surface area contributed by atoms with E-state index >= 15 is 0 Å². The number of ether oxygens (including phenoxy) is 1. The minimum atomic E-state index is 0.168. The Labute approximate surface area is 188 Å². The lowest BCUT2D eigenvalue weighted by molar-refractivity contribution is -0.132. The van der Waals surface area contributed by atoms with Gasteiger partial charge >= 0.3 is 0 Å². The van der Waals surface area contributed by atoms with E-state index in [0.717, 1.165) is 54.1 Å². The fourth-order valence-corrected chi connectivity index (χ4v) is 4.32. The van der Waals surface area contributed by atoms with Crippen molar-refractivity contribution in [1.29, 1.82) is 0 Å². The van der Waals surface area contributed by atoms with Crippen LogP contribution < -0.4 is 4.74 Å². The van der Waals surface area contributed by atoms with Crippen molar-refractivity contribution in [3.63, 3.8) is 0 Å². The minimum absolute atomic E-state index is 0.168. The summed E-state index contributed by atoms with van der Waals surface area (Å²) >= 11 is 6.19. The SMILES string of the molecule is COc1ccc(CCC(=O)N2CCCC(c3nccnc3-c3cccc(Cl)c3)C2)cc1. The van der Waals surface area contributed by atoms with Crippen LogP contribution in [0.25, 0.3) is 11.3 Å². The number of hydrogen-bond acceptors (Lipinski definition) is 4. The molecule has 1 aromatic heterocycles. The second-order valence-electron chi connectivity index (χ2n) is 7.83. The van der Waals surface area contributed by atoms with Gasteiger partial charge in [0, 0.05) is 48.4 Å². The van der Waals surface area contributed by atoms with Crippen LogP contribution in [0.4, 0.5) is 0 Å². The van der Waals surface area contributed by atoms with Crippen LogP contribution >= 0.6 is 11.6 Å². The van der Waals surface area contributed by atoms with Gasteiger partial charge in [-0.25, -0.2) is 0 Å². The predicted molar refractivity (Wildman–Crippen MR) is 122 cm³/mol. The Morgan fingerprint density at radius 2 is 1.97 bits per heavy atom. The standard InChI is InChI=1S/C25H26ClN3O2/c1-31-22-10-7-18(8-11-22)9-12-23(30)29-15-3-5-20(17-29)25-24(27-13-14-28-25)19-4-2-6-21(26)16-19/h2,4,6-8,10-11,13-14,16,20H,3,5,9,12,15,17H2,1H3. The van der Waals surface area contributed by atoms with Gasteiger partial charge in [0.25, 0.3) is 0 Å². The molecule has 0 saturated carbocycles.